The number of carbonyl (C=O) groups is 2. The van der Waals surface area contributed by atoms with Crippen LogP contribution < -0.4 is 0 Å². The van der Waals surface area contributed by atoms with Gasteiger partial charge in [0.25, 0.3) is 0 Å². The number of nitrogens with zero attached hydrogens (tertiary/aromatic N) is 1. The molecular weight excluding hydrogens is 498 g/mol. The zero-order chi connectivity index (χ0) is 29.1. The number of hydrogen-bond donors (Lipinski definition) is 2. The van der Waals surface area contributed by atoms with Crippen LogP contribution in [-0.4, -0.2) is 57.0 Å². The maximum atomic E-state index is 13.8. The summed E-state index contributed by atoms with van der Waals surface area (Å²) >= 11 is 0. The lowest BCUT2D eigenvalue weighted by atomic mass is 9.71. The number of aryl methyl sites for hydroxylation is 1. The van der Waals surface area contributed by atoms with E-state index in [1.165, 1.54) is 0 Å². The number of carbonyl (C=O) groups excluding carboxylic acids is 2. The van der Waals surface area contributed by atoms with Gasteiger partial charge in [-0.05, 0) is 64.5 Å². The lowest BCUT2D eigenvalue weighted by Gasteiger charge is -2.36. The highest BCUT2D eigenvalue weighted by Gasteiger charge is 2.53. The van der Waals surface area contributed by atoms with E-state index in [1.807, 2.05) is 39.8 Å². The zero-order valence-electron chi connectivity index (χ0n) is 24.8. The van der Waals surface area contributed by atoms with E-state index in [4.69, 9.17) is 13.9 Å². The Morgan fingerprint density at radius 3 is 2.49 bits per heavy atom. The molecule has 0 spiro atoms. The maximum Gasteiger partial charge on any atom is 0.309 e. The second-order valence-electron chi connectivity index (χ2n) is 12.6. The van der Waals surface area contributed by atoms with Crippen molar-refractivity contribution >= 4 is 17.8 Å². The van der Waals surface area contributed by atoms with Crippen LogP contribution in [0.4, 0.5) is 0 Å². The van der Waals surface area contributed by atoms with Crippen molar-refractivity contribution < 1.29 is 33.7 Å². The highest BCUT2D eigenvalue weighted by atomic mass is 16.6. The number of esters is 1. The predicted molar refractivity (Wildman–Crippen MR) is 149 cm³/mol. The van der Waals surface area contributed by atoms with E-state index in [-0.39, 0.29) is 29.8 Å². The molecular formula is C31H47NO7. The van der Waals surface area contributed by atoms with Gasteiger partial charge >= 0.3 is 5.97 Å². The number of allylic oxidation sites excluding steroid dienone is 2. The second-order valence-corrected chi connectivity index (χ2v) is 12.6. The van der Waals surface area contributed by atoms with Crippen LogP contribution in [0.2, 0.25) is 0 Å². The van der Waals surface area contributed by atoms with Gasteiger partial charge in [-0.15, -0.1) is 0 Å². The Labute approximate surface area is 232 Å². The molecule has 2 aliphatic heterocycles. The third-order valence-corrected chi connectivity index (χ3v) is 8.53. The predicted octanol–water partition coefficient (Wildman–Crippen LogP) is 5.35. The van der Waals surface area contributed by atoms with Crippen LogP contribution in [0.3, 0.4) is 0 Å². The van der Waals surface area contributed by atoms with Gasteiger partial charge in [0.05, 0.1) is 35.7 Å². The van der Waals surface area contributed by atoms with Crippen molar-refractivity contribution in [2.75, 3.05) is 0 Å². The summed E-state index contributed by atoms with van der Waals surface area (Å²) in [6.45, 7) is 14.9. The molecule has 3 unspecified atom stereocenters. The third-order valence-electron chi connectivity index (χ3n) is 8.53. The normalized spacial score (nSPS) is 34.7. The fourth-order valence-corrected chi connectivity index (χ4v) is 5.47. The van der Waals surface area contributed by atoms with Crippen LogP contribution >= 0.6 is 0 Å². The Morgan fingerprint density at radius 1 is 1.18 bits per heavy atom. The maximum absolute atomic E-state index is 13.8. The molecule has 2 saturated heterocycles. The number of ketones is 1. The average molecular weight is 546 g/mol. The number of fused-ring (bicyclic) bond motifs is 1. The molecule has 2 N–H and O–H groups in total. The monoisotopic (exact) mass is 545 g/mol. The first-order valence-corrected chi connectivity index (χ1v) is 14.2. The molecule has 8 nitrogen and oxygen atoms in total. The van der Waals surface area contributed by atoms with E-state index in [0.29, 0.717) is 24.4 Å². The highest BCUT2D eigenvalue weighted by Crippen LogP contribution is 2.45. The molecule has 0 radical (unpaired) electrons. The van der Waals surface area contributed by atoms with Gasteiger partial charge in [0.2, 0.25) is 0 Å². The molecule has 2 aliphatic rings. The van der Waals surface area contributed by atoms with Crippen LogP contribution in [0, 0.1) is 24.2 Å². The molecule has 0 aliphatic carbocycles. The van der Waals surface area contributed by atoms with Crippen molar-refractivity contribution in [2.24, 2.45) is 17.3 Å². The van der Waals surface area contributed by atoms with E-state index >= 15 is 0 Å². The highest BCUT2D eigenvalue weighted by molar-refractivity contribution is 5.88. The molecule has 0 aromatic carbocycles. The molecule has 1 aromatic rings. The first-order valence-electron chi connectivity index (χ1n) is 14.2. The first kappa shape index (κ1) is 31.2. The molecule has 1 aromatic heterocycles. The van der Waals surface area contributed by atoms with Gasteiger partial charge in [0.1, 0.15) is 23.8 Å². The minimum absolute atomic E-state index is 0.0841. The third kappa shape index (κ3) is 7.89. The summed E-state index contributed by atoms with van der Waals surface area (Å²) in [4.78, 5) is 31.2. The molecule has 3 heterocycles. The standard InChI is InChI=1S/C31H47NO7/c1-18(2)11-12-23-28(35)19(3)10-9-13-31(8)26(39-31)15-24(20(4)14-22-17-37-21(5)32-22)38-27(34)16-25(33)30(6,7)29(23)36/h11,14,17,19,23-26,28,33,35H,9-10,12-13,15-16H2,1-8H3/t19-,23?,24-,25+,26+,28?,31?/m0/s1. The van der Waals surface area contributed by atoms with Crippen molar-refractivity contribution in [1.29, 1.82) is 0 Å². The number of aromatic nitrogens is 1. The largest absolute Gasteiger partial charge is 0.458 e. The molecule has 0 saturated carbocycles. The number of rotatable bonds is 4. The summed E-state index contributed by atoms with van der Waals surface area (Å²) in [5.41, 5.74) is 0.883. The fraction of sp³-hybridized carbons (Fsp3) is 0.710. The molecule has 7 atom stereocenters. The molecule has 39 heavy (non-hydrogen) atoms. The Kier molecular flexibility index (Phi) is 10.00. The summed E-state index contributed by atoms with van der Waals surface area (Å²) in [7, 11) is 0. The Balaban J connectivity index is 1.90. The van der Waals surface area contributed by atoms with Gasteiger partial charge < -0.3 is 24.1 Å². The first-order chi connectivity index (χ1) is 18.1. The second kappa shape index (κ2) is 12.5. The van der Waals surface area contributed by atoms with Crippen molar-refractivity contribution in [3.05, 3.63) is 35.1 Å². The SMILES string of the molecule is CC(C)=CCC1C(=O)C(C)(C)[C@H](O)CC(=O)O[C@H](C(C)=Cc2coc(C)n2)C[C@H]2OC2(C)CCC[C@H](C)C1O. The summed E-state index contributed by atoms with van der Waals surface area (Å²) in [6.07, 6.45) is 5.43. The number of cyclic esters (lactones) is 1. The van der Waals surface area contributed by atoms with Crippen LogP contribution in [0.15, 0.2) is 27.9 Å². The number of aliphatic hydroxyl groups excluding tert-OH is 2. The van der Waals surface area contributed by atoms with E-state index in [2.05, 4.69) is 11.9 Å². The van der Waals surface area contributed by atoms with Gasteiger partial charge in [-0.1, -0.05) is 38.8 Å². The molecule has 218 valence electrons. The van der Waals surface area contributed by atoms with Crippen LogP contribution in [0.1, 0.15) is 98.6 Å². The minimum Gasteiger partial charge on any atom is -0.458 e. The number of Topliss-reactive ketones (excluding diaryl/α,β-unsaturated/α-hetero) is 1. The smallest absolute Gasteiger partial charge is 0.309 e. The van der Waals surface area contributed by atoms with E-state index < -0.39 is 35.6 Å². The molecule has 2 fully saturated rings. The van der Waals surface area contributed by atoms with Gasteiger partial charge in [-0.25, -0.2) is 4.98 Å². The van der Waals surface area contributed by atoms with Crippen molar-refractivity contribution in [2.45, 2.75) is 124 Å². The van der Waals surface area contributed by atoms with E-state index in [9.17, 15) is 19.8 Å². The van der Waals surface area contributed by atoms with Gasteiger partial charge in [0, 0.05) is 19.3 Å². The van der Waals surface area contributed by atoms with Crippen LogP contribution in [-0.2, 0) is 19.1 Å². The lowest BCUT2D eigenvalue weighted by Crippen LogP contribution is -2.46. The van der Waals surface area contributed by atoms with Crippen molar-refractivity contribution in [3.8, 4) is 0 Å². The van der Waals surface area contributed by atoms with Crippen LogP contribution in [0.5, 0.6) is 0 Å². The molecule has 3 rings (SSSR count). The van der Waals surface area contributed by atoms with Crippen molar-refractivity contribution in [3.63, 3.8) is 0 Å². The number of epoxide rings is 1. The minimum atomic E-state index is -1.27. The Bertz CT molecular complexity index is 1080. The summed E-state index contributed by atoms with van der Waals surface area (Å²) in [5, 5.41) is 22.4. The van der Waals surface area contributed by atoms with Gasteiger partial charge in [-0.3, -0.25) is 9.59 Å². The quantitative estimate of drug-likeness (QED) is 0.295. The summed E-state index contributed by atoms with van der Waals surface area (Å²) < 4.78 is 17.3. The van der Waals surface area contributed by atoms with Gasteiger partial charge in [-0.2, -0.15) is 0 Å². The zero-order valence-corrected chi connectivity index (χ0v) is 24.8. The number of ether oxygens (including phenoxy) is 2. The number of hydrogen-bond acceptors (Lipinski definition) is 8. The molecule has 0 amide bonds. The average Bonchev–Trinajstić information content (AvgIpc) is 3.29. The van der Waals surface area contributed by atoms with E-state index in [0.717, 1.165) is 30.4 Å². The molecule has 8 heteroatoms. The Hall–Kier alpha value is -2.29. The molecule has 0 bridgehead atoms. The fourth-order valence-electron chi connectivity index (χ4n) is 5.47. The topological polar surface area (TPSA) is 122 Å². The van der Waals surface area contributed by atoms with E-state index in [1.54, 1.807) is 27.0 Å². The lowest BCUT2D eigenvalue weighted by molar-refractivity contribution is -0.154. The number of oxazole rings is 1. The van der Waals surface area contributed by atoms with Gasteiger partial charge in [0.15, 0.2) is 5.89 Å². The Morgan fingerprint density at radius 2 is 1.87 bits per heavy atom. The number of aliphatic hydroxyl groups is 2. The summed E-state index contributed by atoms with van der Waals surface area (Å²) in [5.74, 6) is -1.10. The van der Waals surface area contributed by atoms with Crippen LogP contribution in [0.25, 0.3) is 6.08 Å². The van der Waals surface area contributed by atoms with Crippen molar-refractivity contribution in [1.82, 2.24) is 4.98 Å². The summed E-state index contributed by atoms with van der Waals surface area (Å²) in [6, 6.07) is 0.